The van der Waals surface area contributed by atoms with E-state index < -0.39 is 0 Å². The minimum Gasteiger partial charge on any atom is -0.354 e. The van der Waals surface area contributed by atoms with Gasteiger partial charge in [-0.05, 0) is 30.3 Å². The third kappa shape index (κ3) is 4.02. The van der Waals surface area contributed by atoms with E-state index in [1.807, 2.05) is 11.6 Å². The average Bonchev–Trinajstić information content (AvgIpc) is 3.08. The summed E-state index contributed by atoms with van der Waals surface area (Å²) in [7, 11) is 3.18. The maximum Gasteiger partial charge on any atom is 0.209 e. The highest BCUT2D eigenvalue weighted by atomic mass is 32.2. The third-order valence-corrected chi connectivity index (χ3v) is 3.97. The van der Waals surface area contributed by atoms with E-state index in [9.17, 15) is 0 Å². The van der Waals surface area contributed by atoms with Crippen LogP contribution in [-0.2, 0) is 28.3 Å². The van der Waals surface area contributed by atoms with Gasteiger partial charge in [-0.1, -0.05) is 11.8 Å². The average molecular weight is 312 g/mol. The molecule has 2 heterocycles. The summed E-state index contributed by atoms with van der Waals surface area (Å²) in [4.78, 5) is 0. The number of rotatable bonds is 8. The first-order valence-electron chi connectivity index (χ1n) is 6.65. The van der Waals surface area contributed by atoms with Crippen LogP contribution in [0, 0.1) is 6.92 Å². The lowest BCUT2D eigenvalue weighted by atomic mass is 10.4. The van der Waals surface area contributed by atoms with Crippen LogP contribution < -0.4 is 0 Å². The van der Waals surface area contributed by atoms with Crippen molar-refractivity contribution in [3.63, 3.8) is 0 Å². The molecule has 0 aliphatic heterocycles. The van der Waals surface area contributed by atoms with Crippen LogP contribution in [-0.4, -0.2) is 50.5 Å². The first-order chi connectivity index (χ1) is 10.2. The van der Waals surface area contributed by atoms with Crippen LogP contribution >= 0.6 is 11.8 Å². The molecule has 0 amide bonds. The van der Waals surface area contributed by atoms with Crippen molar-refractivity contribution >= 4 is 11.8 Å². The Morgan fingerprint density at radius 3 is 2.71 bits per heavy atom. The van der Waals surface area contributed by atoms with E-state index in [2.05, 4.69) is 33.6 Å². The van der Waals surface area contributed by atoms with Gasteiger partial charge in [0, 0.05) is 32.2 Å². The van der Waals surface area contributed by atoms with Crippen LogP contribution in [0.15, 0.2) is 11.2 Å². The Bertz CT molecular complexity index is 566. The molecule has 0 bridgehead atoms. The van der Waals surface area contributed by atoms with Gasteiger partial charge >= 0.3 is 0 Å². The van der Waals surface area contributed by atoms with E-state index in [4.69, 9.17) is 9.47 Å². The summed E-state index contributed by atoms with van der Waals surface area (Å²) in [5, 5.41) is 16.9. The highest BCUT2D eigenvalue weighted by molar-refractivity contribution is 7.98. The van der Waals surface area contributed by atoms with Crippen LogP contribution in [0.1, 0.15) is 18.3 Å². The second-order valence-electron chi connectivity index (χ2n) is 4.43. The smallest absolute Gasteiger partial charge is 0.209 e. The summed E-state index contributed by atoms with van der Waals surface area (Å²) in [6.07, 6.45) is -0.365. The van der Waals surface area contributed by atoms with Gasteiger partial charge in [0.2, 0.25) is 5.16 Å². The molecule has 21 heavy (non-hydrogen) atoms. The number of thioether (sulfide) groups is 1. The Morgan fingerprint density at radius 1 is 1.29 bits per heavy atom. The summed E-state index contributed by atoms with van der Waals surface area (Å²) in [5.74, 6) is 0.764. The van der Waals surface area contributed by atoms with E-state index in [0.29, 0.717) is 6.54 Å². The molecule has 116 valence electrons. The number of ether oxygens (including phenoxy) is 2. The summed E-state index contributed by atoms with van der Waals surface area (Å²) in [6, 6.07) is 2.08. The molecule has 8 nitrogen and oxygen atoms in total. The summed E-state index contributed by atoms with van der Waals surface area (Å²) < 4.78 is 14.0. The predicted octanol–water partition coefficient (Wildman–Crippen LogP) is 1.11. The highest BCUT2D eigenvalue weighted by Crippen LogP contribution is 2.21. The molecular weight excluding hydrogens is 292 g/mol. The molecule has 0 spiro atoms. The van der Waals surface area contributed by atoms with Crippen LogP contribution in [0.3, 0.4) is 0 Å². The van der Waals surface area contributed by atoms with E-state index in [-0.39, 0.29) is 6.29 Å². The molecule has 0 N–H and O–H groups in total. The Kier molecular flexibility index (Phi) is 5.71. The number of nitrogens with zero attached hydrogens (tertiary/aromatic N) is 6. The molecular formula is C12H20N6O2S. The fourth-order valence-corrected chi connectivity index (χ4v) is 2.79. The molecule has 0 aliphatic rings. The third-order valence-electron chi connectivity index (χ3n) is 2.98. The first kappa shape index (κ1) is 15.9. The van der Waals surface area contributed by atoms with Crippen LogP contribution in [0.5, 0.6) is 0 Å². The maximum absolute atomic E-state index is 5.17. The second kappa shape index (κ2) is 7.53. The predicted molar refractivity (Wildman–Crippen MR) is 77.8 cm³/mol. The fourth-order valence-electron chi connectivity index (χ4n) is 1.93. The zero-order valence-electron chi connectivity index (χ0n) is 12.7. The van der Waals surface area contributed by atoms with E-state index >= 15 is 0 Å². The summed E-state index contributed by atoms with van der Waals surface area (Å²) >= 11 is 1.57. The highest BCUT2D eigenvalue weighted by Gasteiger charge is 2.14. The van der Waals surface area contributed by atoms with Crippen molar-refractivity contribution < 1.29 is 9.47 Å². The van der Waals surface area contributed by atoms with E-state index in [1.54, 1.807) is 30.7 Å². The lowest BCUT2D eigenvalue weighted by molar-refractivity contribution is -0.113. The Labute approximate surface area is 127 Å². The number of aryl methyl sites for hydroxylation is 2. The SMILES string of the molecule is CCn1nc(C)cc1CSc1nnnn1CC(OC)OC. The lowest BCUT2D eigenvalue weighted by Crippen LogP contribution is -2.21. The van der Waals surface area contributed by atoms with Gasteiger partial charge in [0.1, 0.15) is 0 Å². The van der Waals surface area contributed by atoms with Gasteiger partial charge < -0.3 is 9.47 Å². The van der Waals surface area contributed by atoms with Gasteiger partial charge in [0.15, 0.2) is 6.29 Å². The van der Waals surface area contributed by atoms with Crippen molar-refractivity contribution in [2.75, 3.05) is 14.2 Å². The van der Waals surface area contributed by atoms with Crippen molar-refractivity contribution in [3.8, 4) is 0 Å². The molecule has 0 atom stereocenters. The number of hydrogen-bond donors (Lipinski definition) is 0. The van der Waals surface area contributed by atoms with Crippen LogP contribution in [0.25, 0.3) is 0 Å². The normalized spacial score (nSPS) is 11.5. The monoisotopic (exact) mass is 312 g/mol. The van der Waals surface area contributed by atoms with Crippen LogP contribution in [0.4, 0.5) is 0 Å². The van der Waals surface area contributed by atoms with E-state index in [1.165, 1.54) is 0 Å². The quantitative estimate of drug-likeness (QED) is 0.533. The van der Waals surface area contributed by atoms with Crippen molar-refractivity contribution in [1.82, 2.24) is 30.0 Å². The Morgan fingerprint density at radius 2 is 2.05 bits per heavy atom. The summed E-state index contributed by atoms with van der Waals surface area (Å²) in [5.41, 5.74) is 2.18. The molecule has 0 saturated carbocycles. The van der Waals surface area contributed by atoms with Crippen molar-refractivity contribution in [2.24, 2.45) is 0 Å². The molecule has 0 fully saturated rings. The van der Waals surface area contributed by atoms with Gasteiger partial charge in [-0.25, -0.2) is 4.68 Å². The van der Waals surface area contributed by atoms with Gasteiger partial charge in [-0.3, -0.25) is 4.68 Å². The van der Waals surface area contributed by atoms with Gasteiger partial charge in [0.05, 0.1) is 12.2 Å². The summed E-state index contributed by atoms with van der Waals surface area (Å²) in [6.45, 7) is 5.37. The topological polar surface area (TPSA) is 79.9 Å². The van der Waals surface area contributed by atoms with Crippen LogP contribution in [0.2, 0.25) is 0 Å². The first-order valence-corrected chi connectivity index (χ1v) is 7.64. The molecule has 0 aliphatic carbocycles. The number of tetrazole rings is 1. The fraction of sp³-hybridized carbons (Fsp3) is 0.667. The van der Waals surface area contributed by atoms with Gasteiger partial charge in [-0.15, -0.1) is 5.10 Å². The zero-order valence-corrected chi connectivity index (χ0v) is 13.5. The molecule has 0 unspecified atom stereocenters. The standard InChI is InChI=1S/C12H20N6O2S/c1-5-17-10(6-9(2)14-17)8-21-12-13-15-16-18(12)7-11(19-3)20-4/h6,11H,5,7-8H2,1-4H3. The Balaban J connectivity index is 2.02. The number of methoxy groups -OCH3 is 2. The largest absolute Gasteiger partial charge is 0.354 e. The molecule has 2 rings (SSSR count). The van der Waals surface area contributed by atoms with Crippen molar-refractivity contribution in [2.45, 2.75) is 44.1 Å². The molecule has 0 radical (unpaired) electrons. The second-order valence-corrected chi connectivity index (χ2v) is 5.37. The number of aromatic nitrogens is 6. The minimum atomic E-state index is -0.365. The van der Waals surface area contributed by atoms with Gasteiger partial charge in [-0.2, -0.15) is 5.10 Å². The zero-order chi connectivity index (χ0) is 15.2. The lowest BCUT2D eigenvalue weighted by Gasteiger charge is -2.13. The molecule has 9 heteroatoms. The van der Waals surface area contributed by atoms with Crippen molar-refractivity contribution in [1.29, 1.82) is 0 Å². The number of hydrogen-bond acceptors (Lipinski definition) is 7. The minimum absolute atomic E-state index is 0.365. The molecule has 0 saturated heterocycles. The van der Waals surface area contributed by atoms with E-state index in [0.717, 1.165) is 28.8 Å². The Hall–Kier alpha value is -1.45. The van der Waals surface area contributed by atoms with Gasteiger partial charge in [0.25, 0.3) is 0 Å². The molecule has 0 aromatic carbocycles. The maximum atomic E-state index is 5.17. The van der Waals surface area contributed by atoms with Crippen molar-refractivity contribution in [3.05, 3.63) is 17.5 Å². The molecule has 2 aromatic heterocycles. The molecule has 2 aromatic rings.